The summed E-state index contributed by atoms with van der Waals surface area (Å²) in [7, 11) is -3.63. The van der Waals surface area contributed by atoms with Crippen LogP contribution >= 0.6 is 0 Å². The van der Waals surface area contributed by atoms with E-state index in [0.29, 0.717) is 25.2 Å². The van der Waals surface area contributed by atoms with E-state index in [1.54, 1.807) is 13.8 Å². The summed E-state index contributed by atoms with van der Waals surface area (Å²) in [6.45, 7) is 10.8. The minimum absolute atomic E-state index is 0.111. The van der Waals surface area contributed by atoms with Crippen molar-refractivity contribution in [3.8, 4) is 0 Å². The van der Waals surface area contributed by atoms with Crippen molar-refractivity contribution in [2.24, 2.45) is 0 Å². The highest BCUT2D eigenvalue weighted by Crippen LogP contribution is 2.20. The number of rotatable bonds is 8. The first-order chi connectivity index (χ1) is 9.82. The number of halogens is 1. The lowest BCUT2D eigenvalue weighted by molar-refractivity contribution is 0.452. The van der Waals surface area contributed by atoms with Crippen LogP contribution in [0.1, 0.15) is 26.3 Å². The normalized spacial score (nSPS) is 11.9. The van der Waals surface area contributed by atoms with Crippen LogP contribution in [0.15, 0.2) is 35.2 Å². The molecular weight excluding hydrogens is 291 g/mol. The molecule has 1 aromatic carbocycles. The van der Waals surface area contributed by atoms with Gasteiger partial charge in [0.15, 0.2) is 0 Å². The largest absolute Gasteiger partial charge is 0.313 e. The van der Waals surface area contributed by atoms with Gasteiger partial charge in [-0.3, -0.25) is 0 Å². The average Bonchev–Trinajstić information content (AvgIpc) is 2.43. The van der Waals surface area contributed by atoms with Crippen LogP contribution in [0.2, 0.25) is 0 Å². The van der Waals surface area contributed by atoms with Gasteiger partial charge in [0.2, 0.25) is 10.0 Å². The molecule has 0 radical (unpaired) electrons. The minimum atomic E-state index is -3.63. The Labute approximate surface area is 126 Å². The fraction of sp³-hybridized carbons (Fsp3) is 0.467. The van der Waals surface area contributed by atoms with Gasteiger partial charge in [0.1, 0.15) is 5.82 Å². The Balaban J connectivity index is 3.15. The molecule has 0 unspecified atom stereocenters. The summed E-state index contributed by atoms with van der Waals surface area (Å²) < 4.78 is 40.2. The number of hydrogen-bond acceptors (Lipinski definition) is 3. The fourth-order valence-corrected chi connectivity index (χ4v) is 3.48. The Kier molecular flexibility index (Phi) is 6.51. The maximum absolute atomic E-state index is 13.7. The van der Waals surface area contributed by atoms with Gasteiger partial charge in [-0.2, -0.15) is 4.31 Å². The van der Waals surface area contributed by atoms with Crippen molar-refractivity contribution in [2.75, 3.05) is 19.6 Å². The minimum Gasteiger partial charge on any atom is -0.313 e. The fourth-order valence-electron chi connectivity index (χ4n) is 1.92. The van der Waals surface area contributed by atoms with Gasteiger partial charge < -0.3 is 5.32 Å². The Hall–Kier alpha value is -1.24. The Morgan fingerprint density at radius 1 is 1.38 bits per heavy atom. The smallest absolute Gasteiger partial charge is 0.243 e. The molecule has 0 aliphatic carbocycles. The summed E-state index contributed by atoms with van der Waals surface area (Å²) in [6.07, 6.45) is 0. The second kappa shape index (κ2) is 7.68. The molecule has 0 bridgehead atoms. The molecule has 21 heavy (non-hydrogen) atoms. The van der Waals surface area contributed by atoms with E-state index in [2.05, 4.69) is 11.9 Å². The summed E-state index contributed by atoms with van der Waals surface area (Å²) in [4.78, 5) is 0.111. The summed E-state index contributed by atoms with van der Waals surface area (Å²) in [5.74, 6) is -0.405. The standard InChI is InChI=1S/C15H23FN2O2S/c1-5-17-10-13-9-14(7-8-15(13)16)21(19,20)18(6-2)11-12(3)4/h7-9,17H,3,5-6,10-11H2,1-2,4H3. The summed E-state index contributed by atoms with van der Waals surface area (Å²) in [5.41, 5.74) is 1.11. The molecule has 0 amide bonds. The van der Waals surface area contributed by atoms with Crippen molar-refractivity contribution >= 4 is 10.0 Å². The third-order valence-corrected chi connectivity index (χ3v) is 4.94. The van der Waals surface area contributed by atoms with Gasteiger partial charge in [0.05, 0.1) is 4.90 Å². The zero-order valence-corrected chi connectivity index (χ0v) is 13.6. The molecule has 4 nitrogen and oxygen atoms in total. The van der Waals surface area contributed by atoms with Crippen molar-refractivity contribution in [3.63, 3.8) is 0 Å². The van der Waals surface area contributed by atoms with E-state index < -0.39 is 15.8 Å². The van der Waals surface area contributed by atoms with Crippen molar-refractivity contribution in [3.05, 3.63) is 41.7 Å². The van der Waals surface area contributed by atoms with E-state index in [9.17, 15) is 12.8 Å². The molecule has 0 saturated carbocycles. The molecule has 118 valence electrons. The number of nitrogens with one attached hydrogen (secondary N) is 1. The first-order valence-electron chi connectivity index (χ1n) is 6.96. The van der Waals surface area contributed by atoms with Crippen LogP contribution in [-0.2, 0) is 16.6 Å². The molecule has 0 aliphatic rings. The van der Waals surface area contributed by atoms with E-state index >= 15 is 0 Å². The van der Waals surface area contributed by atoms with Crippen molar-refractivity contribution < 1.29 is 12.8 Å². The van der Waals surface area contributed by atoms with E-state index in [4.69, 9.17) is 0 Å². The van der Waals surface area contributed by atoms with Gasteiger partial charge in [-0.1, -0.05) is 26.0 Å². The summed E-state index contributed by atoms with van der Waals surface area (Å²) >= 11 is 0. The van der Waals surface area contributed by atoms with Crippen LogP contribution in [0.3, 0.4) is 0 Å². The maximum Gasteiger partial charge on any atom is 0.243 e. The number of sulfonamides is 1. The highest BCUT2D eigenvalue weighted by molar-refractivity contribution is 7.89. The Morgan fingerprint density at radius 3 is 2.57 bits per heavy atom. The first kappa shape index (κ1) is 17.8. The van der Waals surface area contributed by atoms with Gasteiger partial charge in [-0.05, 0) is 31.7 Å². The number of likely N-dealkylation sites (N-methyl/N-ethyl adjacent to an activating group) is 1. The van der Waals surface area contributed by atoms with Crippen molar-refractivity contribution in [2.45, 2.75) is 32.2 Å². The highest BCUT2D eigenvalue weighted by Gasteiger charge is 2.23. The molecule has 0 spiro atoms. The molecule has 0 fully saturated rings. The lowest BCUT2D eigenvalue weighted by Gasteiger charge is -2.21. The third-order valence-electron chi connectivity index (χ3n) is 3.02. The summed E-state index contributed by atoms with van der Waals surface area (Å²) in [5, 5.41) is 3.00. The molecule has 0 heterocycles. The first-order valence-corrected chi connectivity index (χ1v) is 8.40. The average molecular weight is 314 g/mol. The van der Waals surface area contributed by atoms with Crippen LogP contribution in [-0.4, -0.2) is 32.4 Å². The van der Waals surface area contributed by atoms with E-state index in [0.717, 1.165) is 5.57 Å². The number of hydrogen-bond donors (Lipinski definition) is 1. The number of benzene rings is 1. The number of nitrogens with zero attached hydrogens (tertiary/aromatic N) is 1. The van der Waals surface area contributed by atoms with Crippen LogP contribution in [0, 0.1) is 5.82 Å². The lowest BCUT2D eigenvalue weighted by Crippen LogP contribution is -2.32. The molecule has 0 atom stereocenters. The molecule has 0 aliphatic heterocycles. The van der Waals surface area contributed by atoms with Crippen LogP contribution in [0.4, 0.5) is 4.39 Å². The van der Waals surface area contributed by atoms with Crippen molar-refractivity contribution in [1.29, 1.82) is 0 Å². The highest BCUT2D eigenvalue weighted by atomic mass is 32.2. The van der Waals surface area contributed by atoms with E-state index in [1.165, 1.54) is 22.5 Å². The molecule has 6 heteroatoms. The van der Waals surface area contributed by atoms with Gasteiger partial charge in [0, 0.05) is 25.2 Å². The predicted molar refractivity (Wildman–Crippen MR) is 83.0 cm³/mol. The van der Waals surface area contributed by atoms with Crippen molar-refractivity contribution in [1.82, 2.24) is 9.62 Å². The molecule has 0 saturated heterocycles. The third kappa shape index (κ3) is 4.62. The predicted octanol–water partition coefficient (Wildman–Crippen LogP) is 2.52. The topological polar surface area (TPSA) is 49.4 Å². The zero-order chi connectivity index (χ0) is 16.0. The van der Waals surface area contributed by atoms with Crippen LogP contribution in [0.25, 0.3) is 0 Å². The van der Waals surface area contributed by atoms with E-state index in [-0.39, 0.29) is 11.4 Å². The quantitative estimate of drug-likeness (QED) is 0.750. The SMILES string of the molecule is C=C(C)CN(CC)S(=O)(=O)c1ccc(F)c(CNCC)c1. The van der Waals surface area contributed by atoms with Gasteiger partial charge in [-0.25, -0.2) is 12.8 Å². The molecule has 1 N–H and O–H groups in total. The molecule has 1 rings (SSSR count). The molecular formula is C15H23FN2O2S. The molecule has 1 aromatic rings. The van der Waals surface area contributed by atoms with Gasteiger partial charge in [-0.15, -0.1) is 0 Å². The summed E-state index contributed by atoms with van der Waals surface area (Å²) in [6, 6.07) is 3.91. The lowest BCUT2D eigenvalue weighted by atomic mass is 10.2. The van der Waals surface area contributed by atoms with Gasteiger partial charge >= 0.3 is 0 Å². The monoisotopic (exact) mass is 314 g/mol. The Morgan fingerprint density at radius 2 is 2.05 bits per heavy atom. The van der Waals surface area contributed by atoms with Crippen LogP contribution in [0.5, 0.6) is 0 Å². The Bertz CT molecular complexity index is 600. The zero-order valence-electron chi connectivity index (χ0n) is 12.8. The van der Waals surface area contributed by atoms with E-state index in [1.807, 2.05) is 6.92 Å². The molecule has 0 aromatic heterocycles. The second-order valence-electron chi connectivity index (χ2n) is 4.92. The van der Waals surface area contributed by atoms with Crippen LogP contribution < -0.4 is 5.32 Å². The maximum atomic E-state index is 13.7. The second-order valence-corrected chi connectivity index (χ2v) is 6.86. The van der Waals surface area contributed by atoms with Gasteiger partial charge in [0.25, 0.3) is 0 Å².